The summed E-state index contributed by atoms with van der Waals surface area (Å²) in [6.07, 6.45) is 14.3. The fraction of sp³-hybridized carbons (Fsp3) is 0.269. The van der Waals surface area contributed by atoms with Crippen molar-refractivity contribution < 1.29 is 0 Å². The molecule has 0 radical (unpaired) electrons. The van der Waals surface area contributed by atoms with E-state index in [2.05, 4.69) is 76.4 Å². The van der Waals surface area contributed by atoms with Crippen molar-refractivity contribution in [2.24, 2.45) is 0 Å². The Morgan fingerprint density at radius 2 is 1.70 bits per heavy atom. The molecule has 1 heteroatoms. The molecule has 1 heterocycles. The molecule has 0 N–H and O–H groups in total. The van der Waals surface area contributed by atoms with Crippen LogP contribution in [0.2, 0.25) is 0 Å². The van der Waals surface area contributed by atoms with Crippen LogP contribution >= 0.6 is 0 Å². The van der Waals surface area contributed by atoms with Gasteiger partial charge in [-0.1, -0.05) is 82.0 Å². The SMILES string of the molecule is C=CC(C=C)=C/C=C(\C)c1cc(CCCC)cnc1-c1ccc(CC)cc1. The smallest absolute Gasteiger partial charge is 0.0777 e. The number of unbranched alkanes of at least 4 members (excludes halogenated alkanes) is 1. The van der Waals surface area contributed by atoms with E-state index in [1.165, 1.54) is 35.1 Å². The van der Waals surface area contributed by atoms with Crippen molar-refractivity contribution in [2.75, 3.05) is 0 Å². The van der Waals surface area contributed by atoms with Gasteiger partial charge >= 0.3 is 0 Å². The lowest BCUT2D eigenvalue weighted by molar-refractivity contribution is 0.792. The van der Waals surface area contributed by atoms with Crippen LogP contribution in [-0.4, -0.2) is 4.98 Å². The van der Waals surface area contributed by atoms with Gasteiger partial charge in [-0.2, -0.15) is 0 Å². The van der Waals surface area contributed by atoms with Crippen molar-refractivity contribution in [3.05, 3.63) is 96.3 Å². The first-order valence-electron chi connectivity index (χ1n) is 9.85. The van der Waals surface area contributed by atoms with Gasteiger partial charge in [-0.3, -0.25) is 4.98 Å². The van der Waals surface area contributed by atoms with Gasteiger partial charge in [0.25, 0.3) is 0 Å². The summed E-state index contributed by atoms with van der Waals surface area (Å²) in [6, 6.07) is 11.0. The Morgan fingerprint density at radius 3 is 2.30 bits per heavy atom. The Labute approximate surface area is 164 Å². The van der Waals surface area contributed by atoms with Crippen molar-refractivity contribution >= 4 is 5.57 Å². The fourth-order valence-electron chi connectivity index (χ4n) is 2.99. The van der Waals surface area contributed by atoms with E-state index in [0.717, 1.165) is 29.7 Å². The summed E-state index contributed by atoms with van der Waals surface area (Å²) in [4.78, 5) is 4.84. The predicted octanol–water partition coefficient (Wildman–Crippen LogP) is 7.36. The van der Waals surface area contributed by atoms with Gasteiger partial charge < -0.3 is 0 Å². The molecule has 1 aromatic heterocycles. The van der Waals surface area contributed by atoms with Crippen LogP contribution in [0, 0.1) is 0 Å². The molecule has 0 spiro atoms. The summed E-state index contributed by atoms with van der Waals surface area (Å²) in [6.45, 7) is 14.2. The molecule has 0 amide bonds. The Kier molecular flexibility index (Phi) is 8.00. The number of aromatic nitrogens is 1. The van der Waals surface area contributed by atoms with Crippen molar-refractivity contribution in [3.8, 4) is 11.3 Å². The van der Waals surface area contributed by atoms with E-state index in [0.29, 0.717) is 0 Å². The molecule has 2 aromatic rings. The number of rotatable bonds is 9. The lowest BCUT2D eigenvalue weighted by Crippen LogP contribution is -1.96. The summed E-state index contributed by atoms with van der Waals surface area (Å²) in [5.41, 5.74) is 8.24. The van der Waals surface area contributed by atoms with Crippen LogP contribution in [0.1, 0.15) is 50.3 Å². The molecule has 0 saturated heterocycles. The minimum atomic E-state index is 1.01. The monoisotopic (exact) mass is 357 g/mol. The number of nitrogens with zero attached hydrogens (tertiary/aromatic N) is 1. The average Bonchev–Trinajstić information content (AvgIpc) is 2.72. The molecule has 0 atom stereocenters. The first kappa shape index (κ1) is 20.6. The van der Waals surface area contributed by atoms with Gasteiger partial charge in [0, 0.05) is 17.3 Å². The molecule has 0 aliphatic heterocycles. The van der Waals surface area contributed by atoms with Crippen LogP contribution in [0.5, 0.6) is 0 Å². The Balaban J connectivity index is 2.51. The second-order valence-electron chi connectivity index (χ2n) is 6.82. The molecule has 0 saturated carbocycles. The number of allylic oxidation sites excluding steroid dienone is 6. The van der Waals surface area contributed by atoms with E-state index in [1.54, 1.807) is 0 Å². The van der Waals surface area contributed by atoms with E-state index in [9.17, 15) is 0 Å². The average molecular weight is 358 g/mol. The quantitative estimate of drug-likeness (QED) is 0.427. The van der Waals surface area contributed by atoms with Crippen molar-refractivity contribution in [1.82, 2.24) is 4.98 Å². The summed E-state index contributed by atoms with van der Waals surface area (Å²) >= 11 is 0. The zero-order valence-corrected chi connectivity index (χ0v) is 17.0. The second kappa shape index (κ2) is 10.5. The van der Waals surface area contributed by atoms with Crippen molar-refractivity contribution in [2.45, 2.75) is 46.5 Å². The maximum Gasteiger partial charge on any atom is 0.0777 e. The third-order valence-corrected chi connectivity index (χ3v) is 4.82. The number of aryl methyl sites for hydroxylation is 2. The van der Waals surface area contributed by atoms with Crippen LogP contribution in [0.3, 0.4) is 0 Å². The Hall–Kier alpha value is -2.67. The second-order valence-corrected chi connectivity index (χ2v) is 6.82. The Morgan fingerprint density at radius 1 is 1.00 bits per heavy atom. The summed E-state index contributed by atoms with van der Waals surface area (Å²) in [7, 11) is 0. The number of hydrogen-bond acceptors (Lipinski definition) is 1. The lowest BCUT2D eigenvalue weighted by Gasteiger charge is -2.12. The van der Waals surface area contributed by atoms with E-state index >= 15 is 0 Å². The van der Waals surface area contributed by atoms with Gasteiger partial charge in [0.2, 0.25) is 0 Å². The molecular formula is C26H31N. The number of pyridine rings is 1. The van der Waals surface area contributed by atoms with Crippen molar-refractivity contribution in [1.29, 1.82) is 0 Å². The van der Waals surface area contributed by atoms with Crippen LogP contribution in [-0.2, 0) is 12.8 Å². The third-order valence-electron chi connectivity index (χ3n) is 4.82. The molecule has 1 nitrogen and oxygen atoms in total. The molecule has 0 fully saturated rings. The topological polar surface area (TPSA) is 12.9 Å². The standard InChI is InChI=1S/C26H31N/c1-6-10-11-23-18-25(20(5)12-13-21(7-2)8-3)26(27-19-23)24-16-14-22(9-4)15-17-24/h7-8,12-19H,2-3,6,9-11H2,1,4-5H3/b20-12+. The minimum absolute atomic E-state index is 1.01. The lowest BCUT2D eigenvalue weighted by atomic mass is 9.96. The maximum absolute atomic E-state index is 4.84. The molecule has 1 aromatic carbocycles. The molecule has 2 rings (SSSR count). The van der Waals surface area contributed by atoms with E-state index in [1.807, 2.05) is 18.3 Å². The van der Waals surface area contributed by atoms with Gasteiger partial charge in [-0.05, 0) is 54.5 Å². The van der Waals surface area contributed by atoms with Crippen LogP contribution in [0.25, 0.3) is 16.8 Å². The molecule has 0 unspecified atom stereocenters. The van der Waals surface area contributed by atoms with E-state index < -0.39 is 0 Å². The van der Waals surface area contributed by atoms with Gasteiger partial charge in [-0.25, -0.2) is 0 Å². The zero-order valence-electron chi connectivity index (χ0n) is 17.0. The Bertz CT molecular complexity index is 825. The van der Waals surface area contributed by atoms with E-state index in [4.69, 9.17) is 4.98 Å². The van der Waals surface area contributed by atoms with Crippen molar-refractivity contribution in [3.63, 3.8) is 0 Å². The van der Waals surface area contributed by atoms with Gasteiger partial charge in [0.05, 0.1) is 5.69 Å². The predicted molar refractivity (Wildman–Crippen MR) is 120 cm³/mol. The summed E-state index contributed by atoms with van der Waals surface area (Å²) in [5, 5.41) is 0. The van der Waals surface area contributed by atoms with Gasteiger partial charge in [-0.15, -0.1) is 0 Å². The molecule has 0 aliphatic carbocycles. The van der Waals surface area contributed by atoms with Crippen LogP contribution in [0.4, 0.5) is 0 Å². The first-order chi connectivity index (χ1) is 13.1. The normalized spacial score (nSPS) is 11.1. The third kappa shape index (κ3) is 5.65. The zero-order chi connectivity index (χ0) is 19.6. The molecule has 140 valence electrons. The summed E-state index contributed by atoms with van der Waals surface area (Å²) < 4.78 is 0. The molecular weight excluding hydrogens is 326 g/mol. The highest BCUT2D eigenvalue weighted by Gasteiger charge is 2.10. The van der Waals surface area contributed by atoms with Gasteiger partial charge in [0.1, 0.15) is 0 Å². The van der Waals surface area contributed by atoms with Crippen LogP contribution in [0.15, 0.2) is 79.6 Å². The first-order valence-corrected chi connectivity index (χ1v) is 9.85. The van der Waals surface area contributed by atoms with Gasteiger partial charge in [0.15, 0.2) is 0 Å². The largest absolute Gasteiger partial charge is 0.255 e. The minimum Gasteiger partial charge on any atom is -0.255 e. The molecule has 27 heavy (non-hydrogen) atoms. The highest BCUT2D eigenvalue weighted by molar-refractivity contribution is 5.79. The highest BCUT2D eigenvalue weighted by atomic mass is 14.7. The molecule has 0 aliphatic rings. The highest BCUT2D eigenvalue weighted by Crippen LogP contribution is 2.29. The van der Waals surface area contributed by atoms with Crippen LogP contribution < -0.4 is 0 Å². The number of hydrogen-bond donors (Lipinski definition) is 0. The molecule has 0 bridgehead atoms. The summed E-state index contributed by atoms with van der Waals surface area (Å²) in [5.74, 6) is 0. The fourth-order valence-corrected chi connectivity index (χ4v) is 2.99. The maximum atomic E-state index is 4.84. The van der Waals surface area contributed by atoms with E-state index in [-0.39, 0.29) is 0 Å². The number of benzene rings is 1.